The summed E-state index contributed by atoms with van der Waals surface area (Å²) in [5, 5.41) is 4.02. The van der Waals surface area contributed by atoms with Gasteiger partial charge in [-0.2, -0.15) is 4.98 Å². The van der Waals surface area contributed by atoms with E-state index in [1.165, 1.54) is 4.90 Å². The largest absolute Gasteiger partial charge is 0.497 e. The van der Waals surface area contributed by atoms with Crippen LogP contribution in [0.4, 0.5) is 0 Å². The molecular weight excluding hydrogens is 394 g/mol. The van der Waals surface area contributed by atoms with Gasteiger partial charge in [-0.3, -0.25) is 4.79 Å². The van der Waals surface area contributed by atoms with Crippen LogP contribution in [-0.2, 0) is 11.3 Å². The van der Waals surface area contributed by atoms with Crippen molar-refractivity contribution in [3.63, 3.8) is 0 Å². The lowest BCUT2D eigenvalue weighted by Crippen LogP contribution is -2.37. The van der Waals surface area contributed by atoms with Crippen molar-refractivity contribution < 1.29 is 18.8 Å². The van der Waals surface area contributed by atoms with Gasteiger partial charge >= 0.3 is 0 Å². The van der Waals surface area contributed by atoms with Crippen LogP contribution in [0.1, 0.15) is 43.7 Å². The highest BCUT2D eigenvalue weighted by molar-refractivity contribution is 5.80. The number of carbonyl (C=O) groups is 1. The summed E-state index contributed by atoms with van der Waals surface area (Å²) in [5.41, 5.74) is 2.94. The molecule has 0 spiro atoms. The first-order chi connectivity index (χ1) is 14.8. The van der Waals surface area contributed by atoms with E-state index in [2.05, 4.69) is 36.1 Å². The summed E-state index contributed by atoms with van der Waals surface area (Å²) in [5.74, 6) is 2.36. The molecule has 0 aliphatic carbocycles. The normalized spacial score (nSPS) is 12.0. The molecule has 3 rings (SSSR count). The molecule has 7 nitrogen and oxygen atoms in total. The van der Waals surface area contributed by atoms with Crippen LogP contribution in [0.5, 0.6) is 11.5 Å². The predicted molar refractivity (Wildman–Crippen MR) is 118 cm³/mol. The Morgan fingerprint density at radius 3 is 2.65 bits per heavy atom. The minimum Gasteiger partial charge on any atom is -0.497 e. The first-order valence-corrected chi connectivity index (χ1v) is 10.3. The monoisotopic (exact) mass is 423 g/mol. The summed E-state index contributed by atoms with van der Waals surface area (Å²) in [7, 11) is 3.29. The molecule has 0 fully saturated rings. The third-order valence-corrected chi connectivity index (χ3v) is 4.99. The van der Waals surface area contributed by atoms with E-state index in [9.17, 15) is 4.79 Å². The van der Waals surface area contributed by atoms with Crippen LogP contribution in [-0.4, -0.2) is 41.2 Å². The summed E-state index contributed by atoms with van der Waals surface area (Å²) < 4.78 is 16.6. The zero-order valence-corrected chi connectivity index (χ0v) is 18.9. The fourth-order valence-corrected chi connectivity index (χ4v) is 3.25. The van der Waals surface area contributed by atoms with E-state index in [1.54, 1.807) is 21.1 Å². The number of hydrogen-bond acceptors (Lipinski definition) is 6. The number of amides is 1. The second-order valence-corrected chi connectivity index (χ2v) is 7.89. The molecule has 2 aromatic carbocycles. The Morgan fingerprint density at radius 1 is 1.16 bits per heavy atom. The van der Waals surface area contributed by atoms with Crippen LogP contribution in [0.2, 0.25) is 0 Å². The van der Waals surface area contributed by atoms with Crippen molar-refractivity contribution in [1.82, 2.24) is 15.0 Å². The lowest BCUT2D eigenvalue weighted by molar-refractivity contribution is -0.137. The number of nitrogens with zero attached hydrogens (tertiary/aromatic N) is 3. The molecule has 0 unspecified atom stereocenters. The Labute approximate surface area is 183 Å². The highest BCUT2D eigenvalue weighted by Gasteiger charge is 2.23. The van der Waals surface area contributed by atoms with Gasteiger partial charge in [0.2, 0.25) is 11.7 Å². The Balaban J connectivity index is 1.67. The van der Waals surface area contributed by atoms with E-state index in [-0.39, 0.29) is 12.5 Å². The van der Waals surface area contributed by atoms with E-state index in [4.69, 9.17) is 14.0 Å². The van der Waals surface area contributed by atoms with Crippen molar-refractivity contribution in [2.24, 2.45) is 0 Å². The number of methoxy groups -OCH3 is 1. The summed E-state index contributed by atoms with van der Waals surface area (Å²) in [6.45, 7) is 8.15. The zero-order valence-electron chi connectivity index (χ0n) is 18.9. The van der Waals surface area contributed by atoms with Gasteiger partial charge in [0.05, 0.1) is 13.7 Å². The highest BCUT2D eigenvalue weighted by atomic mass is 16.5. The van der Waals surface area contributed by atoms with E-state index in [0.717, 1.165) is 22.4 Å². The Bertz CT molecular complexity index is 1040. The van der Waals surface area contributed by atoms with Gasteiger partial charge in [0.25, 0.3) is 5.91 Å². The van der Waals surface area contributed by atoms with Gasteiger partial charge in [0, 0.05) is 12.6 Å². The Kier molecular flexibility index (Phi) is 6.95. The molecule has 0 bridgehead atoms. The van der Waals surface area contributed by atoms with Crippen molar-refractivity contribution in [3.8, 4) is 22.9 Å². The second-order valence-electron chi connectivity index (χ2n) is 7.89. The predicted octanol–water partition coefficient (Wildman–Crippen LogP) is 4.60. The summed E-state index contributed by atoms with van der Waals surface area (Å²) >= 11 is 0. The lowest BCUT2D eigenvalue weighted by Gasteiger charge is -2.23. The molecule has 31 heavy (non-hydrogen) atoms. The number of benzene rings is 2. The first kappa shape index (κ1) is 22.3. The van der Waals surface area contributed by atoms with Crippen molar-refractivity contribution >= 4 is 5.91 Å². The average molecular weight is 424 g/mol. The number of carbonyl (C=O) groups excluding carboxylic acids is 1. The molecule has 1 aromatic heterocycles. The fourth-order valence-electron chi connectivity index (χ4n) is 3.25. The number of likely N-dealkylation sites (N-methyl/N-ethyl adjacent to an activating group) is 1. The van der Waals surface area contributed by atoms with E-state index in [1.807, 2.05) is 37.3 Å². The van der Waals surface area contributed by atoms with E-state index >= 15 is 0 Å². The topological polar surface area (TPSA) is 77.7 Å². The standard InChI is InChI=1S/C24H29N3O4/c1-15(2)20-11-10-16(3)12-21(20)30-17(4)24(28)27(5)14-22-25-23(26-31-22)18-8-7-9-19(13-18)29-6/h7-13,15,17H,14H2,1-6H3/t17-/m1/s1. The quantitative estimate of drug-likeness (QED) is 0.527. The molecule has 0 aliphatic heterocycles. The van der Waals surface area contributed by atoms with Gasteiger partial charge in [0.1, 0.15) is 11.5 Å². The SMILES string of the molecule is COc1cccc(-c2noc(CN(C)C(=O)[C@@H](C)Oc3cc(C)ccc3C(C)C)n2)c1. The molecule has 3 aromatic rings. The van der Waals surface area contributed by atoms with Gasteiger partial charge in [-0.05, 0) is 49.1 Å². The number of hydrogen-bond donors (Lipinski definition) is 0. The molecular formula is C24H29N3O4. The number of rotatable bonds is 8. The average Bonchev–Trinajstić information content (AvgIpc) is 3.21. The number of aromatic nitrogens is 2. The maximum atomic E-state index is 12.9. The molecule has 1 heterocycles. The van der Waals surface area contributed by atoms with Crippen LogP contribution < -0.4 is 9.47 Å². The summed E-state index contributed by atoms with van der Waals surface area (Å²) in [6.07, 6.45) is -0.648. The van der Waals surface area contributed by atoms with Crippen molar-refractivity contribution in [3.05, 3.63) is 59.5 Å². The van der Waals surface area contributed by atoms with E-state index in [0.29, 0.717) is 23.4 Å². The molecule has 0 aliphatic rings. The Hall–Kier alpha value is -3.35. The van der Waals surface area contributed by atoms with Gasteiger partial charge in [0.15, 0.2) is 6.10 Å². The van der Waals surface area contributed by atoms with Crippen molar-refractivity contribution in [2.45, 2.75) is 46.3 Å². The maximum Gasteiger partial charge on any atom is 0.263 e. The molecule has 0 radical (unpaired) electrons. The van der Waals surface area contributed by atoms with Gasteiger partial charge in [-0.1, -0.05) is 43.3 Å². The Morgan fingerprint density at radius 2 is 1.94 bits per heavy atom. The molecule has 0 N–H and O–H groups in total. The summed E-state index contributed by atoms with van der Waals surface area (Å²) in [4.78, 5) is 18.8. The highest BCUT2D eigenvalue weighted by Crippen LogP contribution is 2.28. The number of ether oxygens (including phenoxy) is 2. The second kappa shape index (κ2) is 9.64. The van der Waals surface area contributed by atoms with Crippen LogP contribution in [0, 0.1) is 6.92 Å². The van der Waals surface area contributed by atoms with Gasteiger partial charge < -0.3 is 18.9 Å². The van der Waals surface area contributed by atoms with Crippen LogP contribution >= 0.6 is 0 Å². The minimum atomic E-state index is -0.648. The van der Waals surface area contributed by atoms with Crippen molar-refractivity contribution in [2.75, 3.05) is 14.2 Å². The molecule has 1 atom stereocenters. The molecule has 7 heteroatoms. The maximum absolute atomic E-state index is 12.9. The molecule has 1 amide bonds. The van der Waals surface area contributed by atoms with Gasteiger partial charge in [-0.15, -0.1) is 0 Å². The third-order valence-electron chi connectivity index (χ3n) is 4.99. The minimum absolute atomic E-state index is 0.169. The van der Waals surface area contributed by atoms with Crippen LogP contribution in [0.15, 0.2) is 47.0 Å². The van der Waals surface area contributed by atoms with Crippen molar-refractivity contribution in [1.29, 1.82) is 0 Å². The van der Waals surface area contributed by atoms with Crippen LogP contribution in [0.25, 0.3) is 11.4 Å². The molecule has 0 saturated heterocycles. The van der Waals surface area contributed by atoms with Gasteiger partial charge in [-0.25, -0.2) is 0 Å². The van der Waals surface area contributed by atoms with E-state index < -0.39 is 6.10 Å². The summed E-state index contributed by atoms with van der Waals surface area (Å²) in [6, 6.07) is 13.5. The lowest BCUT2D eigenvalue weighted by atomic mass is 10.0. The third kappa shape index (κ3) is 5.42. The molecule has 0 saturated carbocycles. The fraction of sp³-hybridized carbons (Fsp3) is 0.375. The molecule has 164 valence electrons. The van der Waals surface area contributed by atoms with Crippen LogP contribution in [0.3, 0.4) is 0 Å². The smallest absolute Gasteiger partial charge is 0.263 e. The zero-order chi connectivity index (χ0) is 22.5. The first-order valence-electron chi connectivity index (χ1n) is 10.3. The number of aryl methyl sites for hydroxylation is 1.